The van der Waals surface area contributed by atoms with Gasteiger partial charge in [-0.1, -0.05) is 6.92 Å². The van der Waals surface area contributed by atoms with Crippen molar-refractivity contribution in [3.63, 3.8) is 0 Å². The molecule has 0 amide bonds. The quantitative estimate of drug-likeness (QED) is 0.784. The minimum Gasteiger partial charge on any atom is -0.387 e. The summed E-state index contributed by atoms with van der Waals surface area (Å²) in [5, 5.41) is 6.75. The molecule has 0 aliphatic carbocycles. The molecule has 1 heterocycles. The lowest BCUT2D eigenvalue weighted by Crippen LogP contribution is -2.23. The van der Waals surface area contributed by atoms with Gasteiger partial charge in [-0.2, -0.15) is 5.10 Å². The Morgan fingerprint density at radius 1 is 1.47 bits per heavy atom. The van der Waals surface area contributed by atoms with Gasteiger partial charge in [0.2, 0.25) is 0 Å². The van der Waals surface area contributed by atoms with Gasteiger partial charge in [-0.15, -0.1) is 0 Å². The van der Waals surface area contributed by atoms with Crippen LogP contribution >= 0.6 is 0 Å². The maximum atomic E-state index is 11.5. The number of hydrogen-bond acceptors (Lipinski definition) is 5. The number of anilines is 1. The van der Waals surface area contributed by atoms with E-state index >= 15 is 0 Å². The Bertz CT molecular complexity index is 522. The standard InChI is InChI=1S/C10H17N3O3S/c1-3-17(15,16)6-4-5-13-10(14)7-9(11-2)8-12-13/h7-8,11H,3-6H2,1-2H3. The van der Waals surface area contributed by atoms with Crippen molar-refractivity contribution in [1.82, 2.24) is 9.78 Å². The van der Waals surface area contributed by atoms with E-state index in [9.17, 15) is 13.2 Å². The molecule has 0 radical (unpaired) electrons. The van der Waals surface area contributed by atoms with Crippen LogP contribution in [0.25, 0.3) is 0 Å². The fourth-order valence-corrected chi connectivity index (χ4v) is 2.17. The molecule has 0 aromatic carbocycles. The van der Waals surface area contributed by atoms with Crippen LogP contribution in [0.15, 0.2) is 17.1 Å². The third-order valence-electron chi connectivity index (χ3n) is 2.42. The molecular formula is C10H17N3O3S. The van der Waals surface area contributed by atoms with E-state index in [0.29, 0.717) is 18.7 Å². The molecule has 0 saturated carbocycles. The molecule has 96 valence electrons. The van der Waals surface area contributed by atoms with E-state index in [1.807, 2.05) is 0 Å². The molecule has 0 bridgehead atoms. The minimum atomic E-state index is -2.97. The van der Waals surface area contributed by atoms with Crippen LogP contribution in [0.4, 0.5) is 5.69 Å². The molecule has 0 aliphatic heterocycles. The highest BCUT2D eigenvalue weighted by Gasteiger charge is 2.07. The van der Waals surface area contributed by atoms with E-state index < -0.39 is 9.84 Å². The molecule has 7 heteroatoms. The average Bonchev–Trinajstić information content (AvgIpc) is 2.31. The van der Waals surface area contributed by atoms with Gasteiger partial charge < -0.3 is 5.32 Å². The summed E-state index contributed by atoms with van der Waals surface area (Å²) in [5.74, 6) is 0.222. The van der Waals surface area contributed by atoms with Crippen LogP contribution in [0, 0.1) is 0 Å². The lowest BCUT2D eigenvalue weighted by molar-refractivity contribution is 0.555. The molecular weight excluding hydrogens is 242 g/mol. The Morgan fingerprint density at radius 3 is 2.71 bits per heavy atom. The largest absolute Gasteiger partial charge is 0.387 e. The number of aromatic nitrogens is 2. The molecule has 0 spiro atoms. The summed E-state index contributed by atoms with van der Waals surface area (Å²) in [4.78, 5) is 11.5. The second-order valence-electron chi connectivity index (χ2n) is 3.65. The molecule has 1 N–H and O–H groups in total. The van der Waals surface area contributed by atoms with Gasteiger partial charge in [-0.05, 0) is 6.42 Å². The Morgan fingerprint density at radius 2 is 2.18 bits per heavy atom. The van der Waals surface area contributed by atoms with Gasteiger partial charge in [-0.3, -0.25) is 4.79 Å². The molecule has 1 rings (SSSR count). The molecule has 1 aromatic rings. The van der Waals surface area contributed by atoms with Crippen LogP contribution < -0.4 is 10.9 Å². The molecule has 0 aliphatic rings. The van der Waals surface area contributed by atoms with Gasteiger partial charge in [-0.25, -0.2) is 13.1 Å². The van der Waals surface area contributed by atoms with E-state index in [2.05, 4.69) is 10.4 Å². The van der Waals surface area contributed by atoms with Crippen molar-refractivity contribution in [3.05, 3.63) is 22.6 Å². The fraction of sp³-hybridized carbons (Fsp3) is 0.600. The van der Waals surface area contributed by atoms with Crippen LogP contribution in [-0.2, 0) is 16.4 Å². The predicted octanol–water partition coefficient (Wildman–Crippen LogP) is 0.110. The summed E-state index contributed by atoms with van der Waals surface area (Å²) in [6, 6.07) is 1.43. The van der Waals surface area contributed by atoms with Crippen molar-refractivity contribution >= 4 is 15.5 Å². The normalized spacial score (nSPS) is 11.4. The predicted molar refractivity (Wildman–Crippen MR) is 67.0 cm³/mol. The SMILES string of the molecule is CCS(=O)(=O)CCCn1ncc(NC)cc1=O. The van der Waals surface area contributed by atoms with Crippen molar-refractivity contribution in [1.29, 1.82) is 0 Å². The fourth-order valence-electron chi connectivity index (χ4n) is 1.32. The zero-order chi connectivity index (χ0) is 12.9. The van der Waals surface area contributed by atoms with Crippen LogP contribution in [0.3, 0.4) is 0 Å². The van der Waals surface area contributed by atoms with Gasteiger partial charge in [0.25, 0.3) is 5.56 Å². The third-order valence-corrected chi connectivity index (χ3v) is 4.21. The number of nitrogens with one attached hydrogen (secondary N) is 1. The van der Waals surface area contributed by atoms with Gasteiger partial charge in [0.1, 0.15) is 9.84 Å². The van der Waals surface area contributed by atoms with Crippen LogP contribution in [0.5, 0.6) is 0 Å². The van der Waals surface area contributed by atoms with E-state index in [0.717, 1.165) is 0 Å². The molecule has 17 heavy (non-hydrogen) atoms. The number of sulfone groups is 1. The molecule has 0 saturated heterocycles. The maximum Gasteiger partial charge on any atom is 0.268 e. The van der Waals surface area contributed by atoms with Gasteiger partial charge in [0.15, 0.2) is 0 Å². The second-order valence-corrected chi connectivity index (χ2v) is 6.12. The first-order valence-electron chi connectivity index (χ1n) is 5.44. The van der Waals surface area contributed by atoms with Crippen LogP contribution in [-0.4, -0.2) is 36.8 Å². The summed E-state index contributed by atoms with van der Waals surface area (Å²) in [6.45, 7) is 1.93. The first-order valence-corrected chi connectivity index (χ1v) is 7.26. The first kappa shape index (κ1) is 13.7. The first-order chi connectivity index (χ1) is 7.98. The number of nitrogens with zero attached hydrogens (tertiary/aromatic N) is 2. The summed E-state index contributed by atoms with van der Waals surface area (Å²) >= 11 is 0. The molecule has 0 fully saturated rings. The van der Waals surface area contributed by atoms with E-state index in [4.69, 9.17) is 0 Å². The van der Waals surface area contributed by atoms with Crippen LogP contribution in [0.2, 0.25) is 0 Å². The highest BCUT2D eigenvalue weighted by molar-refractivity contribution is 7.91. The monoisotopic (exact) mass is 259 g/mol. The average molecular weight is 259 g/mol. The number of rotatable bonds is 6. The maximum absolute atomic E-state index is 11.5. The Balaban J connectivity index is 2.62. The summed E-state index contributed by atoms with van der Waals surface area (Å²) in [6.07, 6.45) is 1.94. The molecule has 0 unspecified atom stereocenters. The summed E-state index contributed by atoms with van der Waals surface area (Å²) in [7, 11) is -1.27. The van der Waals surface area contributed by atoms with Gasteiger partial charge in [0.05, 0.1) is 17.6 Å². The van der Waals surface area contributed by atoms with Crippen molar-refractivity contribution in [3.8, 4) is 0 Å². The van der Waals surface area contributed by atoms with Gasteiger partial charge in [0, 0.05) is 25.4 Å². The van der Waals surface area contributed by atoms with Crippen LogP contribution in [0.1, 0.15) is 13.3 Å². The smallest absolute Gasteiger partial charge is 0.268 e. The minimum absolute atomic E-state index is 0.0887. The van der Waals surface area contributed by atoms with Gasteiger partial charge >= 0.3 is 0 Å². The molecule has 6 nitrogen and oxygen atoms in total. The zero-order valence-electron chi connectivity index (χ0n) is 10.0. The highest BCUT2D eigenvalue weighted by Crippen LogP contribution is 1.98. The van der Waals surface area contributed by atoms with Crippen molar-refractivity contribution < 1.29 is 8.42 Å². The second kappa shape index (κ2) is 5.81. The van der Waals surface area contributed by atoms with Crippen molar-refractivity contribution in [2.45, 2.75) is 19.9 Å². The summed E-state index contributed by atoms with van der Waals surface area (Å²) < 4.78 is 23.8. The number of hydrogen-bond donors (Lipinski definition) is 1. The van der Waals surface area contributed by atoms with E-state index in [1.54, 1.807) is 14.0 Å². The molecule has 1 aromatic heterocycles. The Labute approximate surface area is 101 Å². The summed E-state index contributed by atoms with van der Waals surface area (Å²) in [5.41, 5.74) is 0.415. The lowest BCUT2D eigenvalue weighted by Gasteiger charge is -2.05. The Hall–Kier alpha value is -1.37. The zero-order valence-corrected chi connectivity index (χ0v) is 10.8. The Kier molecular flexibility index (Phi) is 4.68. The van der Waals surface area contributed by atoms with Crippen molar-refractivity contribution in [2.24, 2.45) is 0 Å². The van der Waals surface area contributed by atoms with E-state index in [1.165, 1.54) is 16.9 Å². The molecule has 0 atom stereocenters. The topological polar surface area (TPSA) is 81.1 Å². The lowest BCUT2D eigenvalue weighted by atomic mass is 10.4. The van der Waals surface area contributed by atoms with Crippen molar-refractivity contribution in [2.75, 3.05) is 23.9 Å². The third kappa shape index (κ3) is 4.18. The highest BCUT2D eigenvalue weighted by atomic mass is 32.2. The number of aryl methyl sites for hydroxylation is 1. The van der Waals surface area contributed by atoms with E-state index in [-0.39, 0.29) is 17.1 Å².